The quantitative estimate of drug-likeness (QED) is 0.762. The van der Waals surface area contributed by atoms with Crippen molar-refractivity contribution in [1.29, 1.82) is 0 Å². The molecule has 1 heteroatoms. The average molecular weight is 229 g/mol. The lowest BCUT2D eigenvalue weighted by atomic mass is 10.0. The van der Waals surface area contributed by atoms with E-state index in [0.29, 0.717) is 0 Å². The van der Waals surface area contributed by atoms with Gasteiger partial charge in [0.2, 0.25) is 0 Å². The van der Waals surface area contributed by atoms with E-state index in [2.05, 4.69) is 51.1 Å². The lowest BCUT2D eigenvalue weighted by Gasteiger charge is -2.14. The molecule has 1 nitrogen and oxygen atoms in total. The van der Waals surface area contributed by atoms with Gasteiger partial charge in [-0.1, -0.05) is 31.4 Å². The van der Waals surface area contributed by atoms with Gasteiger partial charge in [0, 0.05) is 6.54 Å². The summed E-state index contributed by atoms with van der Waals surface area (Å²) in [7, 11) is 0. The molecule has 1 aromatic carbocycles. The lowest BCUT2D eigenvalue weighted by molar-refractivity contribution is 0.562. The van der Waals surface area contributed by atoms with Gasteiger partial charge in [0.25, 0.3) is 0 Å². The monoisotopic (exact) mass is 229 g/mol. The number of hydrogen-bond acceptors (Lipinski definition) is 1. The fraction of sp³-hybridized carbons (Fsp3) is 0.500. The Hall–Kier alpha value is -1.26. The Balaban J connectivity index is 2.69. The van der Waals surface area contributed by atoms with Gasteiger partial charge in [-0.15, -0.1) is 6.42 Å². The van der Waals surface area contributed by atoms with E-state index in [-0.39, 0.29) is 6.04 Å². The molecule has 0 fully saturated rings. The van der Waals surface area contributed by atoms with E-state index in [1.807, 2.05) is 0 Å². The molecule has 1 atom stereocenters. The van der Waals surface area contributed by atoms with Crippen LogP contribution in [-0.4, -0.2) is 6.04 Å². The van der Waals surface area contributed by atoms with Gasteiger partial charge in [0.05, 0.1) is 6.04 Å². The van der Waals surface area contributed by atoms with E-state index in [1.54, 1.807) is 0 Å². The molecule has 0 aliphatic carbocycles. The van der Waals surface area contributed by atoms with Gasteiger partial charge in [0.15, 0.2) is 0 Å². The lowest BCUT2D eigenvalue weighted by Crippen LogP contribution is -2.27. The SMILES string of the molecule is C#CC(CCC)NCc1cc(C)c(C)cc1C. The van der Waals surface area contributed by atoms with Gasteiger partial charge >= 0.3 is 0 Å². The summed E-state index contributed by atoms with van der Waals surface area (Å²) < 4.78 is 0. The van der Waals surface area contributed by atoms with Crippen LogP contribution in [0.25, 0.3) is 0 Å². The molecular formula is C16H23N. The van der Waals surface area contributed by atoms with Crippen molar-refractivity contribution in [3.8, 4) is 12.3 Å². The van der Waals surface area contributed by atoms with E-state index in [0.717, 1.165) is 19.4 Å². The summed E-state index contributed by atoms with van der Waals surface area (Å²) in [6.45, 7) is 9.49. The summed E-state index contributed by atoms with van der Waals surface area (Å²) >= 11 is 0. The van der Waals surface area contributed by atoms with Crippen LogP contribution in [0.1, 0.15) is 42.0 Å². The molecule has 0 amide bonds. The molecular weight excluding hydrogens is 206 g/mol. The smallest absolute Gasteiger partial charge is 0.0689 e. The van der Waals surface area contributed by atoms with Gasteiger partial charge in [-0.05, 0) is 49.4 Å². The van der Waals surface area contributed by atoms with Gasteiger partial charge in [-0.25, -0.2) is 0 Å². The Labute approximate surface area is 106 Å². The largest absolute Gasteiger partial charge is 0.300 e. The summed E-state index contributed by atoms with van der Waals surface area (Å²) in [5.74, 6) is 2.81. The zero-order valence-electron chi connectivity index (χ0n) is 11.4. The molecule has 0 aliphatic rings. The highest BCUT2D eigenvalue weighted by molar-refractivity contribution is 5.36. The number of terminal acetylenes is 1. The Morgan fingerprint density at radius 3 is 2.41 bits per heavy atom. The van der Waals surface area contributed by atoms with E-state index >= 15 is 0 Å². The van der Waals surface area contributed by atoms with Crippen LogP contribution in [0, 0.1) is 33.1 Å². The molecule has 1 rings (SSSR count). The van der Waals surface area contributed by atoms with Gasteiger partial charge in [0.1, 0.15) is 0 Å². The van der Waals surface area contributed by atoms with Crippen molar-refractivity contribution >= 4 is 0 Å². The number of aryl methyl sites for hydroxylation is 3. The van der Waals surface area contributed by atoms with E-state index in [4.69, 9.17) is 6.42 Å². The van der Waals surface area contributed by atoms with Crippen LogP contribution in [-0.2, 0) is 6.54 Å². The van der Waals surface area contributed by atoms with Crippen LogP contribution in [0.15, 0.2) is 12.1 Å². The van der Waals surface area contributed by atoms with E-state index in [1.165, 1.54) is 22.3 Å². The first kappa shape index (κ1) is 13.8. The zero-order chi connectivity index (χ0) is 12.8. The Morgan fingerprint density at radius 1 is 1.18 bits per heavy atom. The second-order valence-electron chi connectivity index (χ2n) is 4.75. The highest BCUT2D eigenvalue weighted by atomic mass is 14.9. The maximum absolute atomic E-state index is 5.50. The third-order valence-corrected chi connectivity index (χ3v) is 3.27. The Morgan fingerprint density at radius 2 is 1.82 bits per heavy atom. The molecule has 0 spiro atoms. The second kappa shape index (κ2) is 6.47. The zero-order valence-corrected chi connectivity index (χ0v) is 11.4. The average Bonchev–Trinajstić information content (AvgIpc) is 2.30. The molecule has 1 N–H and O–H groups in total. The van der Waals surface area contributed by atoms with E-state index < -0.39 is 0 Å². The molecule has 0 bridgehead atoms. The molecule has 17 heavy (non-hydrogen) atoms. The van der Waals surface area contributed by atoms with Crippen LogP contribution in [0.2, 0.25) is 0 Å². The van der Waals surface area contributed by atoms with E-state index in [9.17, 15) is 0 Å². The van der Waals surface area contributed by atoms with Crippen LogP contribution in [0.5, 0.6) is 0 Å². The summed E-state index contributed by atoms with van der Waals surface area (Å²) in [6, 6.07) is 4.70. The molecule has 0 aromatic heterocycles. The molecule has 0 radical (unpaired) electrons. The fourth-order valence-corrected chi connectivity index (χ4v) is 1.98. The highest BCUT2D eigenvalue weighted by Gasteiger charge is 2.05. The van der Waals surface area contributed by atoms with Crippen molar-refractivity contribution in [3.05, 3.63) is 34.4 Å². The minimum atomic E-state index is 0.195. The van der Waals surface area contributed by atoms with Gasteiger partial charge in [-0.3, -0.25) is 5.32 Å². The summed E-state index contributed by atoms with van der Waals surface area (Å²) in [5.41, 5.74) is 5.39. The second-order valence-corrected chi connectivity index (χ2v) is 4.75. The Kier molecular flexibility index (Phi) is 5.25. The molecule has 1 aromatic rings. The van der Waals surface area contributed by atoms with Crippen LogP contribution >= 0.6 is 0 Å². The maximum atomic E-state index is 5.50. The normalized spacial score (nSPS) is 12.2. The fourth-order valence-electron chi connectivity index (χ4n) is 1.98. The van der Waals surface area contributed by atoms with Crippen molar-refractivity contribution in [2.75, 3.05) is 0 Å². The molecule has 0 saturated carbocycles. The first-order valence-electron chi connectivity index (χ1n) is 6.34. The van der Waals surface area contributed by atoms with Crippen LogP contribution in [0.4, 0.5) is 0 Å². The van der Waals surface area contributed by atoms with Gasteiger partial charge in [-0.2, -0.15) is 0 Å². The summed E-state index contributed by atoms with van der Waals surface area (Å²) in [6.07, 6.45) is 7.66. The third kappa shape index (κ3) is 3.91. The predicted octanol–water partition coefficient (Wildman–Crippen LogP) is 3.50. The minimum absolute atomic E-state index is 0.195. The van der Waals surface area contributed by atoms with Crippen molar-refractivity contribution in [1.82, 2.24) is 5.32 Å². The third-order valence-electron chi connectivity index (χ3n) is 3.27. The minimum Gasteiger partial charge on any atom is -0.300 e. The van der Waals surface area contributed by atoms with Crippen molar-refractivity contribution in [2.24, 2.45) is 0 Å². The van der Waals surface area contributed by atoms with Crippen molar-refractivity contribution < 1.29 is 0 Å². The molecule has 0 aliphatic heterocycles. The first-order chi connectivity index (χ1) is 8.08. The molecule has 0 heterocycles. The topological polar surface area (TPSA) is 12.0 Å². The Bertz CT molecular complexity index is 412. The molecule has 92 valence electrons. The molecule has 0 saturated heterocycles. The summed E-state index contributed by atoms with van der Waals surface area (Å²) in [5, 5.41) is 3.44. The van der Waals surface area contributed by atoms with Crippen molar-refractivity contribution in [2.45, 2.75) is 53.1 Å². The number of rotatable bonds is 5. The molecule has 1 unspecified atom stereocenters. The first-order valence-corrected chi connectivity index (χ1v) is 6.34. The van der Waals surface area contributed by atoms with Crippen LogP contribution in [0.3, 0.4) is 0 Å². The van der Waals surface area contributed by atoms with Crippen molar-refractivity contribution in [3.63, 3.8) is 0 Å². The standard InChI is InChI=1S/C16H23N/c1-6-8-16(7-2)17-11-15-10-13(4)12(3)9-14(15)5/h2,9-10,16-17H,6,8,11H2,1,3-5H3. The number of nitrogens with one attached hydrogen (secondary N) is 1. The number of hydrogen-bond donors (Lipinski definition) is 1. The van der Waals surface area contributed by atoms with Crippen LogP contribution < -0.4 is 5.32 Å². The highest BCUT2D eigenvalue weighted by Crippen LogP contribution is 2.15. The maximum Gasteiger partial charge on any atom is 0.0689 e. The predicted molar refractivity (Wildman–Crippen MR) is 75.0 cm³/mol. The van der Waals surface area contributed by atoms with Gasteiger partial charge < -0.3 is 0 Å². The summed E-state index contributed by atoms with van der Waals surface area (Å²) in [4.78, 5) is 0. The number of benzene rings is 1.